The van der Waals surface area contributed by atoms with Crippen LogP contribution < -0.4 is 10.6 Å². The number of hydrogen-bond acceptors (Lipinski definition) is 4. The predicted molar refractivity (Wildman–Crippen MR) is 80.2 cm³/mol. The lowest BCUT2D eigenvalue weighted by atomic mass is 10.1. The zero-order chi connectivity index (χ0) is 13.7. The van der Waals surface area contributed by atoms with Crippen molar-refractivity contribution in [2.45, 2.75) is 6.42 Å². The number of anilines is 2. The average Bonchev–Trinajstić information content (AvgIpc) is 2.41. The molecule has 0 spiro atoms. The first-order chi connectivity index (χ1) is 9.19. The van der Waals surface area contributed by atoms with Crippen molar-refractivity contribution >= 4 is 35.0 Å². The number of aromatic nitrogens is 2. The van der Waals surface area contributed by atoms with Crippen LogP contribution in [0.25, 0.3) is 0 Å². The van der Waals surface area contributed by atoms with Crippen LogP contribution in [-0.2, 0) is 6.42 Å². The molecule has 0 bridgehead atoms. The van der Waals surface area contributed by atoms with E-state index in [0.29, 0.717) is 16.0 Å². The van der Waals surface area contributed by atoms with Crippen LogP contribution in [0.5, 0.6) is 0 Å². The van der Waals surface area contributed by atoms with Crippen molar-refractivity contribution in [1.29, 1.82) is 0 Å². The third-order valence-corrected chi connectivity index (χ3v) is 3.18. The van der Waals surface area contributed by atoms with Gasteiger partial charge in [-0.25, -0.2) is 4.98 Å². The Morgan fingerprint density at radius 3 is 2.79 bits per heavy atom. The summed E-state index contributed by atoms with van der Waals surface area (Å²) in [4.78, 5) is 8.32. The Bertz CT molecular complexity index is 560. The molecule has 4 nitrogen and oxygen atoms in total. The number of nitrogens with one attached hydrogen (secondary N) is 2. The van der Waals surface area contributed by atoms with E-state index in [9.17, 15) is 0 Å². The van der Waals surface area contributed by atoms with Crippen LogP contribution in [0, 0.1) is 0 Å². The van der Waals surface area contributed by atoms with Crippen molar-refractivity contribution in [2.24, 2.45) is 0 Å². The van der Waals surface area contributed by atoms with Crippen LogP contribution in [0.4, 0.5) is 11.8 Å². The summed E-state index contributed by atoms with van der Waals surface area (Å²) in [5, 5.41) is 7.46. The second-order valence-corrected chi connectivity index (χ2v) is 4.77. The van der Waals surface area contributed by atoms with E-state index in [-0.39, 0.29) is 0 Å². The van der Waals surface area contributed by atoms with Crippen molar-refractivity contribution in [1.82, 2.24) is 9.97 Å². The van der Waals surface area contributed by atoms with Crippen LogP contribution in [-0.4, -0.2) is 23.6 Å². The van der Waals surface area contributed by atoms with E-state index < -0.39 is 0 Å². The Kier molecular flexibility index (Phi) is 4.82. The lowest BCUT2D eigenvalue weighted by Gasteiger charge is -2.08. The molecule has 0 saturated heterocycles. The summed E-state index contributed by atoms with van der Waals surface area (Å²) in [7, 11) is 1.78. The molecule has 0 aliphatic rings. The fraction of sp³-hybridized carbons (Fsp3) is 0.231. The third-order valence-electron chi connectivity index (χ3n) is 2.59. The molecule has 1 aromatic heterocycles. The van der Waals surface area contributed by atoms with Gasteiger partial charge in [0.15, 0.2) is 0 Å². The molecule has 2 aromatic rings. The van der Waals surface area contributed by atoms with Crippen LogP contribution in [0.3, 0.4) is 0 Å². The minimum atomic E-state index is 0.592. The van der Waals surface area contributed by atoms with Crippen molar-refractivity contribution < 1.29 is 0 Å². The predicted octanol–water partition coefficient (Wildman–Crippen LogP) is 3.48. The molecule has 0 amide bonds. The monoisotopic (exact) mass is 296 g/mol. The van der Waals surface area contributed by atoms with Gasteiger partial charge in [-0.2, -0.15) is 4.98 Å². The van der Waals surface area contributed by atoms with E-state index in [0.717, 1.165) is 24.3 Å². The minimum absolute atomic E-state index is 0.592. The van der Waals surface area contributed by atoms with Gasteiger partial charge in [-0.05, 0) is 30.2 Å². The zero-order valence-electron chi connectivity index (χ0n) is 10.5. The molecular weight excluding hydrogens is 283 g/mol. The highest BCUT2D eigenvalue weighted by Gasteiger charge is 2.02. The standard InChI is InChI=1S/C13H14Cl2N4/c1-16-13-18-7-5-12(19-13)17-6-4-9-2-3-10(14)8-11(9)15/h2-3,5,7-8H,4,6H2,1H3,(H2,16,17,18,19). The summed E-state index contributed by atoms with van der Waals surface area (Å²) >= 11 is 12.0. The molecule has 0 aliphatic heterocycles. The minimum Gasteiger partial charge on any atom is -0.370 e. The molecule has 2 rings (SSSR count). The summed E-state index contributed by atoms with van der Waals surface area (Å²) in [6.45, 7) is 0.738. The smallest absolute Gasteiger partial charge is 0.224 e. The van der Waals surface area contributed by atoms with Gasteiger partial charge < -0.3 is 10.6 Å². The molecule has 19 heavy (non-hydrogen) atoms. The molecule has 0 unspecified atom stereocenters. The fourth-order valence-electron chi connectivity index (χ4n) is 1.63. The molecular formula is C13H14Cl2N4. The molecule has 1 heterocycles. The van der Waals surface area contributed by atoms with Crippen LogP contribution in [0.1, 0.15) is 5.56 Å². The summed E-state index contributed by atoms with van der Waals surface area (Å²) in [6, 6.07) is 7.35. The van der Waals surface area contributed by atoms with Gasteiger partial charge in [-0.3, -0.25) is 0 Å². The quantitative estimate of drug-likeness (QED) is 0.887. The van der Waals surface area contributed by atoms with E-state index in [1.54, 1.807) is 19.3 Å². The highest BCUT2D eigenvalue weighted by Crippen LogP contribution is 2.21. The van der Waals surface area contributed by atoms with Crippen molar-refractivity contribution in [3.63, 3.8) is 0 Å². The highest BCUT2D eigenvalue weighted by atomic mass is 35.5. The number of rotatable bonds is 5. The van der Waals surface area contributed by atoms with E-state index in [1.807, 2.05) is 18.2 Å². The first kappa shape index (κ1) is 13.9. The summed E-state index contributed by atoms with van der Waals surface area (Å²) < 4.78 is 0. The summed E-state index contributed by atoms with van der Waals surface area (Å²) in [5.41, 5.74) is 1.06. The average molecular weight is 297 g/mol. The summed E-state index contributed by atoms with van der Waals surface area (Å²) in [5.74, 6) is 1.37. The lowest BCUT2D eigenvalue weighted by molar-refractivity contribution is 1.000. The van der Waals surface area contributed by atoms with Gasteiger partial charge in [0.2, 0.25) is 5.95 Å². The Morgan fingerprint density at radius 1 is 1.21 bits per heavy atom. The molecule has 1 aromatic carbocycles. The molecule has 0 aliphatic carbocycles. The van der Waals surface area contributed by atoms with E-state index in [4.69, 9.17) is 23.2 Å². The molecule has 100 valence electrons. The molecule has 2 N–H and O–H groups in total. The number of halogens is 2. The first-order valence-electron chi connectivity index (χ1n) is 5.87. The second-order valence-electron chi connectivity index (χ2n) is 3.93. The SMILES string of the molecule is CNc1nccc(NCCc2ccc(Cl)cc2Cl)n1. The molecule has 0 radical (unpaired) electrons. The Balaban J connectivity index is 1.92. The number of hydrogen-bond donors (Lipinski definition) is 2. The number of nitrogens with zero attached hydrogens (tertiary/aromatic N) is 2. The maximum atomic E-state index is 6.11. The maximum absolute atomic E-state index is 6.11. The third kappa shape index (κ3) is 3.98. The van der Waals surface area contributed by atoms with Gasteiger partial charge in [0.25, 0.3) is 0 Å². The van der Waals surface area contributed by atoms with Crippen LogP contribution in [0.2, 0.25) is 10.0 Å². The summed E-state index contributed by atoms with van der Waals surface area (Å²) in [6.07, 6.45) is 2.51. The van der Waals surface area contributed by atoms with Crippen molar-refractivity contribution in [3.05, 3.63) is 46.1 Å². The van der Waals surface area contributed by atoms with Crippen molar-refractivity contribution in [3.8, 4) is 0 Å². The van der Waals surface area contributed by atoms with Gasteiger partial charge in [0.1, 0.15) is 5.82 Å². The zero-order valence-corrected chi connectivity index (χ0v) is 12.0. The van der Waals surface area contributed by atoms with E-state index in [2.05, 4.69) is 20.6 Å². The van der Waals surface area contributed by atoms with Gasteiger partial charge in [0, 0.05) is 29.8 Å². The Labute approximate surface area is 122 Å². The molecule has 0 fully saturated rings. The Morgan fingerprint density at radius 2 is 2.05 bits per heavy atom. The van der Waals surface area contributed by atoms with Gasteiger partial charge in [-0.1, -0.05) is 29.3 Å². The lowest BCUT2D eigenvalue weighted by Crippen LogP contribution is -2.08. The van der Waals surface area contributed by atoms with Gasteiger partial charge in [-0.15, -0.1) is 0 Å². The fourth-order valence-corrected chi connectivity index (χ4v) is 2.13. The highest BCUT2D eigenvalue weighted by molar-refractivity contribution is 6.35. The van der Waals surface area contributed by atoms with Crippen molar-refractivity contribution in [2.75, 3.05) is 24.2 Å². The van der Waals surface area contributed by atoms with Crippen LogP contribution in [0.15, 0.2) is 30.5 Å². The number of benzene rings is 1. The largest absolute Gasteiger partial charge is 0.370 e. The van der Waals surface area contributed by atoms with Crippen LogP contribution >= 0.6 is 23.2 Å². The van der Waals surface area contributed by atoms with Gasteiger partial charge in [0.05, 0.1) is 0 Å². The molecule has 0 saturated carbocycles. The molecule has 6 heteroatoms. The first-order valence-corrected chi connectivity index (χ1v) is 6.63. The Hall–Kier alpha value is -1.52. The van der Waals surface area contributed by atoms with E-state index in [1.165, 1.54) is 0 Å². The normalized spacial score (nSPS) is 10.3. The maximum Gasteiger partial charge on any atom is 0.224 e. The van der Waals surface area contributed by atoms with Gasteiger partial charge >= 0.3 is 0 Å². The topological polar surface area (TPSA) is 49.8 Å². The molecule has 0 atom stereocenters. The second kappa shape index (κ2) is 6.59. The van der Waals surface area contributed by atoms with E-state index >= 15 is 0 Å².